The Morgan fingerprint density at radius 3 is 2.45 bits per heavy atom. The molecule has 1 unspecified atom stereocenters. The minimum atomic E-state index is -0.726. The van der Waals surface area contributed by atoms with Crippen LogP contribution in [0, 0.1) is 0 Å². The summed E-state index contributed by atoms with van der Waals surface area (Å²) in [5, 5.41) is 2.57. The molecule has 1 atom stereocenters. The van der Waals surface area contributed by atoms with Gasteiger partial charge in [0.15, 0.2) is 6.23 Å². The number of pyridine rings is 1. The molecule has 5 heteroatoms. The van der Waals surface area contributed by atoms with E-state index < -0.39 is 12.2 Å². The van der Waals surface area contributed by atoms with Crippen molar-refractivity contribution in [2.75, 3.05) is 0 Å². The zero-order valence-corrected chi connectivity index (χ0v) is 10.9. The lowest BCUT2D eigenvalue weighted by molar-refractivity contribution is 0.0264. The summed E-state index contributed by atoms with van der Waals surface area (Å²) in [5.74, 6) is -0.823. The second-order valence-corrected chi connectivity index (χ2v) is 4.13. The SMILES string of the molecule is CC(NC(=O)c1cccnc1)OC(=O)c1ccccc1. The Balaban J connectivity index is 1.91. The number of carbonyl (C=O) groups excluding carboxylic acids is 2. The lowest BCUT2D eigenvalue weighted by Crippen LogP contribution is -2.36. The number of ether oxygens (including phenoxy) is 1. The Bertz CT molecular complexity index is 531. The zero-order chi connectivity index (χ0) is 14.4. The van der Waals surface area contributed by atoms with Crippen LogP contribution < -0.4 is 5.32 Å². The molecule has 0 aliphatic carbocycles. The zero-order valence-electron chi connectivity index (χ0n) is 10.9. The molecule has 0 saturated heterocycles. The summed E-state index contributed by atoms with van der Waals surface area (Å²) in [6.07, 6.45) is 2.30. The fourth-order valence-corrected chi connectivity index (χ4v) is 1.60. The van der Waals surface area contributed by atoms with Gasteiger partial charge in [0.05, 0.1) is 11.1 Å². The van der Waals surface area contributed by atoms with Gasteiger partial charge in [-0.25, -0.2) is 4.79 Å². The highest BCUT2D eigenvalue weighted by molar-refractivity contribution is 5.94. The van der Waals surface area contributed by atoms with E-state index in [1.54, 1.807) is 49.5 Å². The maximum Gasteiger partial charge on any atom is 0.340 e. The lowest BCUT2D eigenvalue weighted by Gasteiger charge is -2.14. The molecule has 0 spiro atoms. The van der Waals surface area contributed by atoms with Crippen LogP contribution in [0.5, 0.6) is 0 Å². The van der Waals surface area contributed by atoms with E-state index in [2.05, 4.69) is 10.3 Å². The van der Waals surface area contributed by atoms with E-state index in [1.165, 1.54) is 6.20 Å². The van der Waals surface area contributed by atoms with Gasteiger partial charge in [-0.2, -0.15) is 0 Å². The van der Waals surface area contributed by atoms with E-state index in [1.807, 2.05) is 6.07 Å². The van der Waals surface area contributed by atoms with Gasteiger partial charge >= 0.3 is 5.97 Å². The number of amides is 1. The molecule has 5 nitrogen and oxygen atoms in total. The lowest BCUT2D eigenvalue weighted by atomic mass is 10.2. The number of rotatable bonds is 4. The third-order valence-corrected chi connectivity index (χ3v) is 2.55. The largest absolute Gasteiger partial charge is 0.438 e. The van der Waals surface area contributed by atoms with E-state index >= 15 is 0 Å². The topological polar surface area (TPSA) is 68.3 Å². The number of hydrogen-bond donors (Lipinski definition) is 1. The third-order valence-electron chi connectivity index (χ3n) is 2.55. The van der Waals surface area contributed by atoms with Crippen molar-refractivity contribution in [3.05, 3.63) is 66.0 Å². The van der Waals surface area contributed by atoms with Gasteiger partial charge < -0.3 is 10.1 Å². The maximum absolute atomic E-state index is 11.8. The highest BCUT2D eigenvalue weighted by Gasteiger charge is 2.14. The molecule has 0 aliphatic heterocycles. The molecule has 1 aromatic heterocycles. The average Bonchev–Trinajstić information content (AvgIpc) is 2.49. The van der Waals surface area contributed by atoms with Crippen molar-refractivity contribution in [3.8, 4) is 0 Å². The van der Waals surface area contributed by atoms with Crippen LogP contribution in [-0.2, 0) is 4.74 Å². The van der Waals surface area contributed by atoms with Gasteiger partial charge in [0.1, 0.15) is 0 Å². The van der Waals surface area contributed by atoms with Gasteiger partial charge in [0.2, 0.25) is 0 Å². The fourth-order valence-electron chi connectivity index (χ4n) is 1.60. The molecule has 2 aromatic rings. The molecule has 1 amide bonds. The number of benzene rings is 1. The maximum atomic E-state index is 11.8. The smallest absolute Gasteiger partial charge is 0.340 e. The molecule has 0 radical (unpaired) electrons. The highest BCUT2D eigenvalue weighted by atomic mass is 16.6. The summed E-state index contributed by atoms with van der Waals surface area (Å²) in [6.45, 7) is 1.59. The minimum absolute atomic E-state index is 0.341. The van der Waals surface area contributed by atoms with Crippen molar-refractivity contribution >= 4 is 11.9 Å². The first-order valence-electron chi connectivity index (χ1n) is 6.14. The van der Waals surface area contributed by atoms with Gasteiger partial charge in [-0.05, 0) is 31.2 Å². The van der Waals surface area contributed by atoms with Crippen LogP contribution in [0.25, 0.3) is 0 Å². The van der Waals surface area contributed by atoms with Crippen molar-refractivity contribution in [3.63, 3.8) is 0 Å². The molecule has 0 bridgehead atoms. The molecule has 2 rings (SSSR count). The van der Waals surface area contributed by atoms with Gasteiger partial charge in [-0.3, -0.25) is 9.78 Å². The molecule has 0 aliphatic rings. The Labute approximate surface area is 116 Å². The van der Waals surface area contributed by atoms with Crippen LogP contribution in [0.2, 0.25) is 0 Å². The number of nitrogens with zero attached hydrogens (tertiary/aromatic N) is 1. The molecular formula is C15H14N2O3. The monoisotopic (exact) mass is 270 g/mol. The van der Waals surface area contributed by atoms with Crippen molar-refractivity contribution in [1.82, 2.24) is 10.3 Å². The Morgan fingerprint density at radius 2 is 1.80 bits per heavy atom. The van der Waals surface area contributed by atoms with Crippen LogP contribution in [-0.4, -0.2) is 23.1 Å². The summed E-state index contributed by atoms with van der Waals surface area (Å²) < 4.78 is 5.14. The van der Waals surface area contributed by atoms with E-state index in [-0.39, 0.29) is 5.91 Å². The van der Waals surface area contributed by atoms with Gasteiger partial charge in [-0.15, -0.1) is 0 Å². The van der Waals surface area contributed by atoms with E-state index in [0.29, 0.717) is 11.1 Å². The number of aromatic nitrogens is 1. The van der Waals surface area contributed by atoms with Crippen LogP contribution >= 0.6 is 0 Å². The predicted molar refractivity (Wildman–Crippen MR) is 73.0 cm³/mol. The first kappa shape index (κ1) is 13.7. The molecule has 0 saturated carbocycles. The summed E-state index contributed by atoms with van der Waals surface area (Å²) in [5.41, 5.74) is 0.852. The molecular weight excluding hydrogens is 256 g/mol. The summed E-state index contributed by atoms with van der Waals surface area (Å²) in [7, 11) is 0. The van der Waals surface area contributed by atoms with Gasteiger partial charge in [0.25, 0.3) is 5.91 Å². The van der Waals surface area contributed by atoms with Crippen LogP contribution in [0.15, 0.2) is 54.9 Å². The first-order valence-corrected chi connectivity index (χ1v) is 6.14. The van der Waals surface area contributed by atoms with Crippen molar-refractivity contribution in [2.24, 2.45) is 0 Å². The molecule has 1 heterocycles. The van der Waals surface area contributed by atoms with E-state index in [9.17, 15) is 9.59 Å². The number of nitrogens with one attached hydrogen (secondary N) is 1. The molecule has 1 N–H and O–H groups in total. The fraction of sp³-hybridized carbons (Fsp3) is 0.133. The van der Waals surface area contributed by atoms with Gasteiger partial charge in [0, 0.05) is 12.4 Å². The van der Waals surface area contributed by atoms with Crippen molar-refractivity contribution in [2.45, 2.75) is 13.2 Å². The molecule has 1 aromatic carbocycles. The third kappa shape index (κ3) is 3.65. The van der Waals surface area contributed by atoms with E-state index in [4.69, 9.17) is 4.74 Å². The predicted octanol–water partition coefficient (Wildman–Crippen LogP) is 2.01. The van der Waals surface area contributed by atoms with Crippen LogP contribution in [0.1, 0.15) is 27.6 Å². The van der Waals surface area contributed by atoms with Crippen molar-refractivity contribution < 1.29 is 14.3 Å². The molecule has 102 valence electrons. The number of carbonyl (C=O) groups is 2. The van der Waals surface area contributed by atoms with Gasteiger partial charge in [-0.1, -0.05) is 18.2 Å². The first-order chi connectivity index (χ1) is 9.66. The summed E-state index contributed by atoms with van der Waals surface area (Å²) in [4.78, 5) is 27.5. The Kier molecular flexibility index (Phi) is 4.44. The number of esters is 1. The second-order valence-electron chi connectivity index (χ2n) is 4.13. The van der Waals surface area contributed by atoms with Crippen LogP contribution in [0.4, 0.5) is 0 Å². The second kappa shape index (κ2) is 6.47. The Hall–Kier alpha value is -2.69. The standard InChI is InChI=1S/C15H14N2O3/c1-11(17-14(18)13-8-5-9-16-10-13)20-15(19)12-6-3-2-4-7-12/h2-11H,1H3,(H,17,18). The highest BCUT2D eigenvalue weighted by Crippen LogP contribution is 2.03. The average molecular weight is 270 g/mol. The summed E-state index contributed by atoms with van der Waals surface area (Å²) in [6, 6.07) is 11.9. The quantitative estimate of drug-likeness (QED) is 0.681. The minimum Gasteiger partial charge on any atom is -0.438 e. The molecule has 0 fully saturated rings. The normalized spacial score (nSPS) is 11.4. The van der Waals surface area contributed by atoms with Crippen LogP contribution in [0.3, 0.4) is 0 Å². The number of hydrogen-bond acceptors (Lipinski definition) is 4. The van der Waals surface area contributed by atoms with E-state index in [0.717, 1.165) is 0 Å². The summed E-state index contributed by atoms with van der Waals surface area (Å²) >= 11 is 0. The molecule has 20 heavy (non-hydrogen) atoms. The van der Waals surface area contributed by atoms with Crippen molar-refractivity contribution in [1.29, 1.82) is 0 Å². The Morgan fingerprint density at radius 1 is 1.10 bits per heavy atom.